The van der Waals surface area contributed by atoms with Gasteiger partial charge in [-0.05, 0) is 36.9 Å². The molecule has 1 aromatic heterocycles. The third-order valence-corrected chi connectivity index (χ3v) is 5.60. The first-order valence-electron chi connectivity index (χ1n) is 8.99. The highest BCUT2D eigenvalue weighted by atomic mass is 32.1. The number of piperazine rings is 1. The van der Waals surface area contributed by atoms with Crippen LogP contribution in [0.2, 0.25) is 0 Å². The topological polar surface area (TPSA) is 52.7 Å². The second-order valence-electron chi connectivity index (χ2n) is 6.60. The quantitative estimate of drug-likeness (QED) is 0.761. The third kappa shape index (κ3) is 5.24. The second-order valence-corrected chi connectivity index (χ2v) is 7.63. The summed E-state index contributed by atoms with van der Waals surface area (Å²) in [5, 5.41) is 5.00. The molecular formula is C20H25N3O2S. The van der Waals surface area contributed by atoms with E-state index in [1.807, 2.05) is 23.5 Å². The first-order chi connectivity index (χ1) is 12.6. The largest absolute Gasteiger partial charge is 0.324 e. The van der Waals surface area contributed by atoms with E-state index in [0.717, 1.165) is 39.1 Å². The van der Waals surface area contributed by atoms with Crippen LogP contribution in [-0.4, -0.2) is 60.8 Å². The molecule has 1 N–H and O–H groups in total. The number of amides is 1. The third-order valence-electron chi connectivity index (χ3n) is 4.67. The van der Waals surface area contributed by atoms with Crippen LogP contribution >= 0.6 is 11.3 Å². The van der Waals surface area contributed by atoms with Crippen molar-refractivity contribution in [3.05, 3.63) is 52.2 Å². The van der Waals surface area contributed by atoms with Gasteiger partial charge >= 0.3 is 0 Å². The summed E-state index contributed by atoms with van der Waals surface area (Å²) in [6.45, 7) is 6.72. The average molecular weight is 372 g/mol. The molecule has 26 heavy (non-hydrogen) atoms. The van der Waals surface area contributed by atoms with Crippen LogP contribution in [0.1, 0.15) is 22.2 Å². The first-order valence-corrected chi connectivity index (χ1v) is 9.86. The van der Waals surface area contributed by atoms with Crippen LogP contribution in [0.4, 0.5) is 5.69 Å². The molecule has 2 heterocycles. The van der Waals surface area contributed by atoms with Crippen molar-refractivity contribution in [2.45, 2.75) is 13.3 Å². The average Bonchev–Trinajstić information content (AvgIpc) is 3.15. The monoisotopic (exact) mass is 371 g/mol. The van der Waals surface area contributed by atoms with Gasteiger partial charge in [-0.25, -0.2) is 0 Å². The van der Waals surface area contributed by atoms with Crippen LogP contribution < -0.4 is 5.32 Å². The molecule has 1 aliphatic heterocycles. The van der Waals surface area contributed by atoms with E-state index in [9.17, 15) is 9.59 Å². The highest BCUT2D eigenvalue weighted by Crippen LogP contribution is 2.16. The minimum atomic E-state index is -0.0641. The lowest BCUT2D eigenvalue weighted by Gasteiger charge is -2.34. The van der Waals surface area contributed by atoms with Gasteiger partial charge in [0.1, 0.15) is 0 Å². The van der Waals surface area contributed by atoms with Crippen molar-refractivity contribution in [1.29, 1.82) is 0 Å². The predicted molar refractivity (Wildman–Crippen MR) is 106 cm³/mol. The minimum absolute atomic E-state index is 0.0414. The summed E-state index contributed by atoms with van der Waals surface area (Å²) in [7, 11) is 0. The van der Waals surface area contributed by atoms with E-state index < -0.39 is 0 Å². The summed E-state index contributed by atoms with van der Waals surface area (Å²) in [5.41, 5.74) is 1.15. The Morgan fingerprint density at radius 3 is 2.46 bits per heavy atom. The SMILES string of the molecule is CC(=O)c1ccccc1NC(=O)CN1CCN(CCc2cccs2)CC1. The van der Waals surface area contributed by atoms with Gasteiger partial charge in [-0.2, -0.15) is 0 Å². The molecule has 3 rings (SSSR count). The number of nitrogens with zero attached hydrogens (tertiary/aromatic N) is 2. The smallest absolute Gasteiger partial charge is 0.238 e. The number of thiophene rings is 1. The minimum Gasteiger partial charge on any atom is -0.324 e. The van der Waals surface area contributed by atoms with Gasteiger partial charge in [0.2, 0.25) is 5.91 Å². The van der Waals surface area contributed by atoms with Crippen LogP contribution in [0.5, 0.6) is 0 Å². The summed E-state index contributed by atoms with van der Waals surface area (Å²) in [4.78, 5) is 30.1. The molecule has 0 aliphatic carbocycles. The van der Waals surface area contributed by atoms with Gasteiger partial charge in [-0.15, -0.1) is 11.3 Å². The molecule has 1 aliphatic rings. The number of para-hydroxylation sites is 1. The van der Waals surface area contributed by atoms with Gasteiger partial charge in [0.15, 0.2) is 5.78 Å². The van der Waals surface area contributed by atoms with E-state index in [4.69, 9.17) is 0 Å². The number of carbonyl (C=O) groups excluding carboxylic acids is 2. The van der Waals surface area contributed by atoms with Gasteiger partial charge in [0.05, 0.1) is 12.2 Å². The second kappa shape index (κ2) is 9.07. The Kier molecular flexibility index (Phi) is 6.55. The molecule has 2 aromatic rings. The maximum Gasteiger partial charge on any atom is 0.238 e. The normalized spacial score (nSPS) is 15.7. The van der Waals surface area contributed by atoms with E-state index in [0.29, 0.717) is 17.8 Å². The molecule has 0 unspecified atom stereocenters. The van der Waals surface area contributed by atoms with Crippen LogP contribution in [-0.2, 0) is 11.2 Å². The lowest BCUT2D eigenvalue weighted by molar-refractivity contribution is -0.117. The molecule has 0 spiro atoms. The van der Waals surface area contributed by atoms with Crippen LogP contribution in [0.15, 0.2) is 41.8 Å². The first kappa shape index (κ1) is 18.8. The lowest BCUT2D eigenvalue weighted by atomic mass is 10.1. The van der Waals surface area contributed by atoms with Crippen molar-refractivity contribution in [3.8, 4) is 0 Å². The number of nitrogens with one attached hydrogen (secondary N) is 1. The van der Waals surface area contributed by atoms with Gasteiger partial charge in [0.25, 0.3) is 0 Å². The van der Waals surface area contributed by atoms with E-state index in [1.165, 1.54) is 11.8 Å². The van der Waals surface area contributed by atoms with Crippen molar-refractivity contribution in [3.63, 3.8) is 0 Å². The number of carbonyl (C=O) groups is 2. The van der Waals surface area contributed by atoms with Crippen molar-refractivity contribution in [1.82, 2.24) is 9.80 Å². The van der Waals surface area contributed by atoms with Crippen LogP contribution in [0.3, 0.4) is 0 Å². The summed E-state index contributed by atoms with van der Waals surface area (Å²) in [6.07, 6.45) is 1.10. The highest BCUT2D eigenvalue weighted by molar-refractivity contribution is 7.09. The summed E-state index contributed by atoms with van der Waals surface area (Å²) in [5.74, 6) is -0.106. The number of benzene rings is 1. The molecule has 1 saturated heterocycles. The van der Waals surface area contributed by atoms with Crippen molar-refractivity contribution in [2.24, 2.45) is 0 Å². The maximum absolute atomic E-state index is 12.3. The number of rotatable bonds is 7. The molecule has 1 aromatic carbocycles. The number of ketones is 1. The zero-order valence-corrected chi connectivity index (χ0v) is 15.9. The number of Topliss-reactive ketones (excluding diaryl/α,β-unsaturated/α-hetero) is 1. The Hall–Kier alpha value is -2.02. The van der Waals surface area contributed by atoms with E-state index in [2.05, 4.69) is 32.6 Å². The Balaban J connectivity index is 1.43. The van der Waals surface area contributed by atoms with E-state index >= 15 is 0 Å². The maximum atomic E-state index is 12.3. The highest BCUT2D eigenvalue weighted by Gasteiger charge is 2.19. The van der Waals surface area contributed by atoms with Crippen molar-refractivity contribution in [2.75, 3.05) is 44.6 Å². The van der Waals surface area contributed by atoms with Crippen LogP contribution in [0.25, 0.3) is 0 Å². The lowest BCUT2D eigenvalue weighted by Crippen LogP contribution is -2.49. The Morgan fingerprint density at radius 2 is 1.77 bits per heavy atom. The van der Waals surface area contributed by atoms with Crippen molar-refractivity contribution >= 4 is 28.7 Å². The number of hydrogen-bond acceptors (Lipinski definition) is 5. The zero-order chi connectivity index (χ0) is 18.4. The summed E-state index contributed by atoms with van der Waals surface area (Å²) >= 11 is 1.81. The van der Waals surface area contributed by atoms with E-state index in [1.54, 1.807) is 12.1 Å². The Bertz CT molecular complexity index is 737. The zero-order valence-electron chi connectivity index (χ0n) is 15.1. The molecule has 1 amide bonds. The van der Waals surface area contributed by atoms with Gasteiger partial charge in [-0.1, -0.05) is 18.2 Å². The summed E-state index contributed by atoms with van der Waals surface area (Å²) in [6, 6.07) is 11.4. The number of hydrogen-bond donors (Lipinski definition) is 1. The molecule has 0 saturated carbocycles. The fourth-order valence-electron chi connectivity index (χ4n) is 3.19. The number of anilines is 1. The molecule has 0 bridgehead atoms. The molecule has 6 heteroatoms. The Morgan fingerprint density at radius 1 is 1.04 bits per heavy atom. The summed E-state index contributed by atoms with van der Waals surface area (Å²) < 4.78 is 0. The molecule has 0 radical (unpaired) electrons. The molecule has 138 valence electrons. The predicted octanol–water partition coefficient (Wildman–Crippen LogP) is 2.75. The van der Waals surface area contributed by atoms with Crippen LogP contribution in [0, 0.1) is 0 Å². The Labute approximate surface area is 158 Å². The molecule has 5 nitrogen and oxygen atoms in total. The molecule has 1 fully saturated rings. The molecular weight excluding hydrogens is 346 g/mol. The van der Waals surface area contributed by atoms with Gasteiger partial charge in [-0.3, -0.25) is 14.5 Å². The van der Waals surface area contributed by atoms with E-state index in [-0.39, 0.29) is 11.7 Å². The fourth-order valence-corrected chi connectivity index (χ4v) is 3.88. The fraction of sp³-hybridized carbons (Fsp3) is 0.400. The van der Waals surface area contributed by atoms with Gasteiger partial charge < -0.3 is 10.2 Å². The van der Waals surface area contributed by atoms with Crippen molar-refractivity contribution < 1.29 is 9.59 Å². The van der Waals surface area contributed by atoms with Gasteiger partial charge in [0, 0.05) is 43.2 Å². The molecule has 0 atom stereocenters. The standard InChI is InChI=1S/C20H25N3O2S/c1-16(24)18-6-2-3-7-19(18)21-20(25)15-23-12-10-22(11-13-23)9-8-17-5-4-14-26-17/h2-7,14H,8-13,15H2,1H3,(H,21,25).